The summed E-state index contributed by atoms with van der Waals surface area (Å²) >= 11 is 7.80. The number of rotatable bonds is 4. The van der Waals surface area contributed by atoms with Gasteiger partial charge in [0.15, 0.2) is 5.17 Å². The van der Waals surface area contributed by atoms with Crippen molar-refractivity contribution in [1.82, 2.24) is 4.98 Å². The molecule has 2 aromatic rings. The summed E-state index contributed by atoms with van der Waals surface area (Å²) in [6.45, 7) is 1.79. The van der Waals surface area contributed by atoms with Crippen molar-refractivity contribution in [3.05, 3.63) is 59.4 Å². The fourth-order valence-electron chi connectivity index (χ4n) is 2.23. The normalized spacial score (nSPS) is 14.0. The zero-order valence-corrected chi connectivity index (χ0v) is 13.1. The van der Waals surface area contributed by atoms with E-state index in [1.165, 1.54) is 5.56 Å². The zero-order chi connectivity index (χ0) is 14.5. The summed E-state index contributed by atoms with van der Waals surface area (Å²) in [6, 6.07) is 12.0. The van der Waals surface area contributed by atoms with Gasteiger partial charge in [-0.05, 0) is 42.3 Å². The van der Waals surface area contributed by atoms with Gasteiger partial charge in [0.1, 0.15) is 0 Å². The molecule has 1 aliphatic rings. The molecule has 1 aliphatic heterocycles. The third kappa shape index (κ3) is 3.77. The molecule has 0 amide bonds. The number of amidine groups is 1. The lowest BCUT2D eigenvalue weighted by Crippen LogP contribution is -2.30. The number of benzene rings is 1. The molecule has 1 aromatic heterocycles. The second kappa shape index (κ2) is 6.96. The van der Waals surface area contributed by atoms with Gasteiger partial charge < -0.3 is 4.90 Å². The zero-order valence-electron chi connectivity index (χ0n) is 11.6. The Labute approximate surface area is 134 Å². The largest absolute Gasteiger partial charge is 0.321 e. The lowest BCUT2D eigenvalue weighted by atomic mass is 10.2. The fraction of sp³-hybridized carbons (Fsp3) is 0.250. The van der Waals surface area contributed by atoms with Crippen LogP contribution in [0, 0.1) is 0 Å². The molecule has 21 heavy (non-hydrogen) atoms. The number of hydrogen-bond donors (Lipinski definition) is 0. The van der Waals surface area contributed by atoms with Crippen LogP contribution in [0.15, 0.2) is 53.8 Å². The molecule has 0 unspecified atom stereocenters. The molecule has 0 atom stereocenters. The Morgan fingerprint density at radius 2 is 2.05 bits per heavy atom. The standard InChI is InChI=1S/C16H16ClN3S/c17-14-3-5-15(6-4-14)20(16-19-9-11-21-16)10-7-13-2-1-8-18-12-13/h1-6,8,12H,7,9-11H2. The fourth-order valence-corrected chi connectivity index (χ4v) is 3.26. The highest BCUT2D eigenvalue weighted by molar-refractivity contribution is 8.14. The number of aromatic nitrogens is 1. The maximum Gasteiger partial charge on any atom is 0.163 e. The number of anilines is 1. The summed E-state index contributed by atoms with van der Waals surface area (Å²) in [5.41, 5.74) is 2.37. The van der Waals surface area contributed by atoms with Gasteiger partial charge in [-0.3, -0.25) is 9.98 Å². The number of thioether (sulfide) groups is 1. The van der Waals surface area contributed by atoms with Crippen LogP contribution in [-0.2, 0) is 6.42 Å². The summed E-state index contributed by atoms with van der Waals surface area (Å²) < 4.78 is 0. The summed E-state index contributed by atoms with van der Waals surface area (Å²) in [7, 11) is 0. The summed E-state index contributed by atoms with van der Waals surface area (Å²) in [4.78, 5) is 11.0. The minimum Gasteiger partial charge on any atom is -0.321 e. The van der Waals surface area contributed by atoms with Crippen molar-refractivity contribution < 1.29 is 0 Å². The molecule has 0 fully saturated rings. The number of nitrogens with zero attached hydrogens (tertiary/aromatic N) is 3. The molecule has 0 spiro atoms. The Balaban J connectivity index is 1.78. The maximum absolute atomic E-state index is 5.99. The van der Waals surface area contributed by atoms with Crippen LogP contribution in [-0.4, -0.2) is 29.0 Å². The van der Waals surface area contributed by atoms with Crippen LogP contribution in [0.25, 0.3) is 0 Å². The van der Waals surface area contributed by atoms with Crippen molar-refractivity contribution >= 4 is 34.2 Å². The van der Waals surface area contributed by atoms with E-state index in [1.54, 1.807) is 6.20 Å². The molecule has 0 radical (unpaired) electrons. The molecule has 0 bridgehead atoms. The van der Waals surface area contributed by atoms with Crippen LogP contribution < -0.4 is 4.90 Å². The molecule has 0 N–H and O–H groups in total. The van der Waals surface area contributed by atoms with E-state index in [1.807, 2.05) is 48.3 Å². The van der Waals surface area contributed by atoms with Gasteiger partial charge in [0, 0.05) is 35.4 Å². The molecule has 5 heteroatoms. The van der Waals surface area contributed by atoms with Gasteiger partial charge in [-0.15, -0.1) is 0 Å². The molecule has 2 heterocycles. The third-order valence-corrected chi connectivity index (χ3v) is 4.53. The predicted octanol–water partition coefficient (Wildman–Crippen LogP) is 3.89. The Kier molecular flexibility index (Phi) is 4.78. The van der Waals surface area contributed by atoms with Gasteiger partial charge in [0.25, 0.3) is 0 Å². The quantitative estimate of drug-likeness (QED) is 0.856. The minimum atomic E-state index is 0.756. The van der Waals surface area contributed by atoms with Crippen LogP contribution in [0.5, 0.6) is 0 Å². The molecular weight excluding hydrogens is 302 g/mol. The van der Waals surface area contributed by atoms with Crippen LogP contribution in [0.3, 0.4) is 0 Å². The number of aliphatic imine (C=N–C) groups is 1. The van der Waals surface area contributed by atoms with E-state index in [9.17, 15) is 0 Å². The Morgan fingerprint density at radius 1 is 1.19 bits per heavy atom. The summed E-state index contributed by atoms with van der Waals surface area (Å²) in [5, 5.41) is 1.85. The highest BCUT2D eigenvalue weighted by Gasteiger charge is 2.17. The van der Waals surface area contributed by atoms with Gasteiger partial charge in [-0.2, -0.15) is 0 Å². The van der Waals surface area contributed by atoms with E-state index < -0.39 is 0 Å². The van der Waals surface area contributed by atoms with Crippen LogP contribution in [0.2, 0.25) is 5.02 Å². The Bertz CT molecular complexity index is 613. The van der Waals surface area contributed by atoms with E-state index in [2.05, 4.69) is 20.9 Å². The van der Waals surface area contributed by atoms with Crippen LogP contribution in [0.1, 0.15) is 5.56 Å². The van der Waals surface area contributed by atoms with Crippen LogP contribution in [0.4, 0.5) is 5.69 Å². The first kappa shape index (κ1) is 14.4. The highest BCUT2D eigenvalue weighted by atomic mass is 35.5. The van der Waals surface area contributed by atoms with E-state index in [0.717, 1.165) is 41.1 Å². The van der Waals surface area contributed by atoms with Gasteiger partial charge >= 0.3 is 0 Å². The molecule has 108 valence electrons. The van der Waals surface area contributed by atoms with E-state index in [0.29, 0.717) is 0 Å². The molecular formula is C16H16ClN3S. The van der Waals surface area contributed by atoms with E-state index in [4.69, 9.17) is 11.6 Å². The predicted molar refractivity (Wildman–Crippen MR) is 91.5 cm³/mol. The third-order valence-electron chi connectivity index (χ3n) is 3.29. The van der Waals surface area contributed by atoms with E-state index in [-0.39, 0.29) is 0 Å². The average molecular weight is 318 g/mol. The number of halogens is 1. The van der Waals surface area contributed by atoms with Crippen molar-refractivity contribution in [1.29, 1.82) is 0 Å². The number of pyridine rings is 1. The molecule has 0 saturated carbocycles. The second-order valence-corrected chi connectivity index (χ2v) is 6.25. The smallest absolute Gasteiger partial charge is 0.163 e. The van der Waals surface area contributed by atoms with Gasteiger partial charge in [-0.1, -0.05) is 29.4 Å². The SMILES string of the molecule is Clc1ccc(N(CCc2cccnc2)C2=NCCS2)cc1. The Morgan fingerprint density at radius 3 is 2.71 bits per heavy atom. The molecule has 0 saturated heterocycles. The lowest BCUT2D eigenvalue weighted by molar-refractivity contribution is 0.929. The Hall–Kier alpha value is -1.52. The molecule has 3 nitrogen and oxygen atoms in total. The maximum atomic E-state index is 5.99. The first-order valence-corrected chi connectivity index (χ1v) is 8.28. The minimum absolute atomic E-state index is 0.756. The van der Waals surface area contributed by atoms with E-state index >= 15 is 0 Å². The van der Waals surface area contributed by atoms with Crippen molar-refractivity contribution in [2.75, 3.05) is 23.7 Å². The monoisotopic (exact) mass is 317 g/mol. The first-order valence-electron chi connectivity index (χ1n) is 6.92. The van der Waals surface area contributed by atoms with Gasteiger partial charge in [0.2, 0.25) is 0 Å². The average Bonchev–Trinajstić information content (AvgIpc) is 3.04. The van der Waals surface area contributed by atoms with Crippen molar-refractivity contribution in [2.24, 2.45) is 4.99 Å². The van der Waals surface area contributed by atoms with Crippen LogP contribution >= 0.6 is 23.4 Å². The summed E-state index contributed by atoms with van der Waals surface area (Å²) in [6.07, 6.45) is 4.66. The second-order valence-electron chi connectivity index (χ2n) is 4.75. The van der Waals surface area contributed by atoms with Crippen molar-refractivity contribution in [2.45, 2.75) is 6.42 Å². The highest BCUT2D eigenvalue weighted by Crippen LogP contribution is 2.24. The van der Waals surface area contributed by atoms with Crippen molar-refractivity contribution in [3.63, 3.8) is 0 Å². The van der Waals surface area contributed by atoms with Gasteiger partial charge in [0.05, 0.1) is 6.54 Å². The number of hydrogen-bond acceptors (Lipinski definition) is 4. The summed E-state index contributed by atoms with van der Waals surface area (Å²) in [5.74, 6) is 1.06. The van der Waals surface area contributed by atoms with Gasteiger partial charge in [-0.25, -0.2) is 0 Å². The molecule has 1 aromatic carbocycles. The lowest BCUT2D eigenvalue weighted by Gasteiger charge is -2.24. The van der Waals surface area contributed by atoms with Crippen molar-refractivity contribution in [3.8, 4) is 0 Å². The first-order chi connectivity index (χ1) is 10.3. The topological polar surface area (TPSA) is 28.5 Å². The molecule has 3 rings (SSSR count). The molecule has 0 aliphatic carbocycles.